The van der Waals surface area contributed by atoms with Gasteiger partial charge in [-0.05, 0) is 37.3 Å². The van der Waals surface area contributed by atoms with E-state index in [-0.39, 0.29) is 39.8 Å². The molecule has 2 aromatic carbocycles. The zero-order valence-electron chi connectivity index (χ0n) is 13.8. The Bertz CT molecular complexity index is 845. The van der Waals surface area contributed by atoms with Crippen LogP contribution in [0.25, 0.3) is 0 Å². The van der Waals surface area contributed by atoms with Gasteiger partial charge in [0.25, 0.3) is 0 Å². The lowest BCUT2D eigenvalue weighted by molar-refractivity contribution is -0.385. The van der Waals surface area contributed by atoms with Crippen LogP contribution < -0.4 is 9.47 Å². The Labute approximate surface area is 143 Å². The van der Waals surface area contributed by atoms with Gasteiger partial charge in [0.05, 0.1) is 24.7 Å². The van der Waals surface area contributed by atoms with E-state index in [1.54, 1.807) is 0 Å². The molecule has 0 aliphatic rings. The molecule has 130 valence electrons. The van der Waals surface area contributed by atoms with Gasteiger partial charge in [-0.2, -0.15) is 0 Å². The van der Waals surface area contributed by atoms with Crippen molar-refractivity contribution in [3.05, 3.63) is 57.6 Å². The Hall–Kier alpha value is -3.42. The molecule has 0 saturated heterocycles. The van der Waals surface area contributed by atoms with Crippen molar-refractivity contribution in [2.24, 2.45) is 0 Å². The third-order valence-corrected chi connectivity index (χ3v) is 3.37. The topological polar surface area (TPSA) is 105 Å². The highest BCUT2D eigenvalue weighted by atomic mass is 16.6. The van der Waals surface area contributed by atoms with Crippen molar-refractivity contribution in [3.8, 4) is 17.2 Å². The first-order valence-electron chi connectivity index (χ1n) is 7.11. The lowest BCUT2D eigenvalue weighted by Gasteiger charge is -2.12. The molecule has 0 bridgehead atoms. The predicted molar refractivity (Wildman–Crippen MR) is 87.5 cm³/mol. The predicted octanol–water partition coefficient (Wildman–Crippen LogP) is 3.38. The molecule has 0 radical (unpaired) electrons. The van der Waals surface area contributed by atoms with Gasteiger partial charge in [-0.15, -0.1) is 0 Å². The molecule has 25 heavy (non-hydrogen) atoms. The van der Waals surface area contributed by atoms with Crippen LogP contribution in [-0.4, -0.2) is 30.9 Å². The summed E-state index contributed by atoms with van der Waals surface area (Å²) in [7, 11) is 2.62. The maximum absolute atomic E-state index is 11.6. The van der Waals surface area contributed by atoms with Crippen molar-refractivity contribution in [1.29, 1.82) is 0 Å². The summed E-state index contributed by atoms with van der Waals surface area (Å²) in [5.41, 5.74) is 0.0898. The molecule has 0 saturated carbocycles. The maximum atomic E-state index is 11.6. The molecule has 0 fully saturated rings. The smallest absolute Gasteiger partial charge is 0.337 e. The SMILES string of the molecule is COC(=O)c1ccc(Oc2ccc(C(C)=O)cc2[N+](=O)[O-])c(OC)c1. The number of rotatable bonds is 6. The van der Waals surface area contributed by atoms with Crippen LogP contribution in [0.2, 0.25) is 0 Å². The quantitative estimate of drug-likeness (QED) is 0.342. The van der Waals surface area contributed by atoms with Crippen molar-refractivity contribution >= 4 is 17.4 Å². The molecular formula is C17H15NO7. The number of hydrogen-bond acceptors (Lipinski definition) is 7. The van der Waals surface area contributed by atoms with Crippen molar-refractivity contribution in [3.63, 3.8) is 0 Å². The molecule has 0 atom stereocenters. The van der Waals surface area contributed by atoms with Crippen LogP contribution in [0.4, 0.5) is 5.69 Å². The summed E-state index contributed by atoms with van der Waals surface area (Å²) in [5.74, 6) is -0.530. The second-order valence-electron chi connectivity index (χ2n) is 4.96. The van der Waals surface area contributed by atoms with E-state index in [0.717, 1.165) is 6.07 Å². The molecule has 2 rings (SSSR count). The van der Waals surface area contributed by atoms with E-state index >= 15 is 0 Å². The van der Waals surface area contributed by atoms with E-state index in [4.69, 9.17) is 9.47 Å². The van der Waals surface area contributed by atoms with Crippen LogP contribution in [0, 0.1) is 10.1 Å². The number of esters is 1. The van der Waals surface area contributed by atoms with Gasteiger partial charge in [0, 0.05) is 11.6 Å². The number of Topliss-reactive ketones (excluding diaryl/α,β-unsaturated/α-hetero) is 1. The van der Waals surface area contributed by atoms with E-state index in [0.29, 0.717) is 0 Å². The minimum atomic E-state index is -0.642. The van der Waals surface area contributed by atoms with Crippen molar-refractivity contribution in [2.45, 2.75) is 6.92 Å². The minimum absolute atomic E-state index is 0.0564. The van der Waals surface area contributed by atoms with E-state index < -0.39 is 10.9 Å². The number of ether oxygens (including phenoxy) is 3. The highest BCUT2D eigenvalue weighted by Gasteiger charge is 2.20. The first-order valence-corrected chi connectivity index (χ1v) is 7.11. The van der Waals surface area contributed by atoms with Crippen LogP contribution in [0.3, 0.4) is 0 Å². The van der Waals surface area contributed by atoms with Gasteiger partial charge in [-0.1, -0.05) is 0 Å². The molecule has 0 aliphatic carbocycles. The second kappa shape index (κ2) is 7.43. The van der Waals surface area contributed by atoms with Gasteiger partial charge in [0.15, 0.2) is 17.3 Å². The highest BCUT2D eigenvalue weighted by Crippen LogP contribution is 2.37. The third kappa shape index (κ3) is 3.92. The lowest BCUT2D eigenvalue weighted by atomic mass is 10.1. The number of carbonyl (C=O) groups is 2. The summed E-state index contributed by atoms with van der Waals surface area (Å²) in [6, 6.07) is 8.19. The number of ketones is 1. The molecule has 0 aromatic heterocycles. The van der Waals surface area contributed by atoms with E-state index in [1.165, 1.54) is 51.5 Å². The van der Waals surface area contributed by atoms with Gasteiger partial charge >= 0.3 is 11.7 Å². The Morgan fingerprint density at radius 3 is 2.16 bits per heavy atom. The zero-order valence-corrected chi connectivity index (χ0v) is 13.8. The number of carbonyl (C=O) groups excluding carboxylic acids is 2. The molecule has 0 amide bonds. The fraction of sp³-hybridized carbons (Fsp3) is 0.176. The maximum Gasteiger partial charge on any atom is 0.337 e. The Morgan fingerprint density at radius 2 is 1.60 bits per heavy atom. The van der Waals surface area contributed by atoms with Crippen LogP contribution in [0.1, 0.15) is 27.6 Å². The first kappa shape index (κ1) is 17.9. The molecule has 0 aliphatic heterocycles. The van der Waals surface area contributed by atoms with Crippen LogP contribution in [0.5, 0.6) is 17.2 Å². The molecule has 0 spiro atoms. The van der Waals surface area contributed by atoms with E-state index in [9.17, 15) is 19.7 Å². The van der Waals surface area contributed by atoms with E-state index in [1.807, 2.05) is 0 Å². The standard InChI is InChI=1S/C17H15NO7/c1-10(19)11-4-6-14(13(8-11)18(21)22)25-15-7-5-12(17(20)24-3)9-16(15)23-2/h4-9H,1-3H3. The fourth-order valence-corrected chi connectivity index (χ4v) is 2.08. The lowest BCUT2D eigenvalue weighted by Crippen LogP contribution is -2.02. The Balaban J connectivity index is 2.44. The summed E-state index contributed by atoms with van der Waals surface area (Å²) in [6.07, 6.45) is 0. The minimum Gasteiger partial charge on any atom is -0.493 e. The Kier molecular flexibility index (Phi) is 5.33. The van der Waals surface area contributed by atoms with Gasteiger partial charge in [-0.25, -0.2) is 4.79 Å². The molecule has 8 heteroatoms. The zero-order chi connectivity index (χ0) is 18.6. The summed E-state index contributed by atoms with van der Waals surface area (Å²) >= 11 is 0. The molecular weight excluding hydrogens is 330 g/mol. The summed E-state index contributed by atoms with van der Waals surface area (Å²) in [5, 5.41) is 11.2. The van der Waals surface area contributed by atoms with Gasteiger partial charge < -0.3 is 14.2 Å². The first-order chi connectivity index (χ1) is 11.9. The highest BCUT2D eigenvalue weighted by molar-refractivity contribution is 5.95. The summed E-state index contributed by atoms with van der Waals surface area (Å²) in [4.78, 5) is 33.6. The number of nitro benzene ring substituents is 1. The van der Waals surface area contributed by atoms with Gasteiger partial charge in [0.2, 0.25) is 5.75 Å². The van der Waals surface area contributed by atoms with Crippen molar-refractivity contribution < 1.29 is 28.7 Å². The number of methoxy groups -OCH3 is 2. The average Bonchev–Trinajstić information content (AvgIpc) is 2.61. The van der Waals surface area contributed by atoms with Gasteiger partial charge in [-0.3, -0.25) is 14.9 Å². The van der Waals surface area contributed by atoms with Crippen LogP contribution >= 0.6 is 0 Å². The molecule has 0 unspecified atom stereocenters. The normalized spacial score (nSPS) is 10.0. The summed E-state index contributed by atoms with van der Waals surface area (Å²) < 4.78 is 15.3. The Morgan fingerprint density at radius 1 is 0.960 bits per heavy atom. The number of benzene rings is 2. The average molecular weight is 345 g/mol. The molecule has 8 nitrogen and oxygen atoms in total. The second-order valence-corrected chi connectivity index (χ2v) is 4.96. The molecule has 0 N–H and O–H groups in total. The number of hydrogen-bond donors (Lipinski definition) is 0. The molecule has 0 heterocycles. The van der Waals surface area contributed by atoms with E-state index in [2.05, 4.69) is 4.74 Å². The molecule has 2 aromatic rings. The summed E-state index contributed by atoms with van der Waals surface area (Å²) in [6.45, 7) is 1.31. The van der Waals surface area contributed by atoms with Crippen molar-refractivity contribution in [1.82, 2.24) is 0 Å². The van der Waals surface area contributed by atoms with Crippen molar-refractivity contribution in [2.75, 3.05) is 14.2 Å². The fourth-order valence-electron chi connectivity index (χ4n) is 2.08. The number of nitrogens with zero attached hydrogens (tertiary/aromatic N) is 1. The van der Waals surface area contributed by atoms with Crippen LogP contribution in [-0.2, 0) is 4.74 Å². The third-order valence-electron chi connectivity index (χ3n) is 3.37. The largest absolute Gasteiger partial charge is 0.493 e. The van der Waals surface area contributed by atoms with Crippen LogP contribution in [0.15, 0.2) is 36.4 Å². The number of nitro groups is 1. The monoisotopic (exact) mass is 345 g/mol. The van der Waals surface area contributed by atoms with Gasteiger partial charge in [0.1, 0.15) is 0 Å².